The van der Waals surface area contributed by atoms with Crippen LogP contribution in [0.1, 0.15) is 19.4 Å². The van der Waals surface area contributed by atoms with Crippen molar-refractivity contribution in [3.05, 3.63) is 23.8 Å². The number of hydrogen-bond acceptors (Lipinski definition) is 4. The smallest absolute Gasteiger partial charge is 0.160 e. The summed E-state index contributed by atoms with van der Waals surface area (Å²) in [5.74, 6) is 1.60. The van der Waals surface area contributed by atoms with Crippen LogP contribution in [0.2, 0.25) is 0 Å². The van der Waals surface area contributed by atoms with E-state index in [0.717, 1.165) is 37.6 Å². The molecule has 0 bridgehead atoms. The fraction of sp³-hybridized carbons (Fsp3) is 0.625. The van der Waals surface area contributed by atoms with Gasteiger partial charge in [0, 0.05) is 31.7 Å². The molecule has 1 aromatic rings. The second-order valence-electron chi connectivity index (χ2n) is 5.59. The Morgan fingerprint density at radius 1 is 1.20 bits per heavy atom. The van der Waals surface area contributed by atoms with Crippen LogP contribution in [0.15, 0.2) is 18.2 Å². The Kier molecular flexibility index (Phi) is 5.26. The Morgan fingerprint density at radius 2 is 1.95 bits per heavy atom. The van der Waals surface area contributed by atoms with Crippen LogP contribution in [0.25, 0.3) is 0 Å². The van der Waals surface area contributed by atoms with Gasteiger partial charge in [0.25, 0.3) is 0 Å². The van der Waals surface area contributed by atoms with Crippen molar-refractivity contribution in [2.24, 2.45) is 0 Å². The number of ether oxygens (including phenoxy) is 2. The minimum Gasteiger partial charge on any atom is -0.493 e. The van der Waals surface area contributed by atoms with E-state index in [1.165, 1.54) is 5.56 Å². The highest BCUT2D eigenvalue weighted by Crippen LogP contribution is 2.27. The van der Waals surface area contributed by atoms with Crippen molar-refractivity contribution in [1.82, 2.24) is 10.2 Å². The highest BCUT2D eigenvalue weighted by Gasteiger charge is 2.21. The molecule has 1 aliphatic rings. The molecule has 4 nitrogen and oxygen atoms in total. The largest absolute Gasteiger partial charge is 0.493 e. The number of benzene rings is 1. The van der Waals surface area contributed by atoms with Gasteiger partial charge in [-0.2, -0.15) is 0 Å². The zero-order valence-electron chi connectivity index (χ0n) is 13.0. The Labute approximate surface area is 122 Å². The summed E-state index contributed by atoms with van der Waals surface area (Å²) < 4.78 is 10.6. The lowest BCUT2D eigenvalue weighted by molar-refractivity contribution is 0.148. The highest BCUT2D eigenvalue weighted by atomic mass is 16.5. The Morgan fingerprint density at radius 3 is 2.65 bits per heavy atom. The summed E-state index contributed by atoms with van der Waals surface area (Å²) in [7, 11) is 3.35. The molecule has 0 spiro atoms. The maximum atomic E-state index is 5.36. The standard InChI is InChI=1S/C16H26N2O2/c1-12-11-18(13(2)10-17-12)8-7-14-5-6-15(19-3)16(9-14)20-4/h5-6,9,12-13,17H,7-8,10-11H2,1-4H3. The summed E-state index contributed by atoms with van der Waals surface area (Å²) >= 11 is 0. The Bertz CT molecular complexity index is 436. The van der Waals surface area contributed by atoms with Gasteiger partial charge in [0.1, 0.15) is 0 Å². The van der Waals surface area contributed by atoms with Crippen LogP contribution in [-0.2, 0) is 6.42 Å². The molecule has 1 saturated heterocycles. The number of methoxy groups -OCH3 is 2. The molecule has 1 aliphatic heterocycles. The van der Waals surface area contributed by atoms with Gasteiger partial charge in [0.2, 0.25) is 0 Å². The molecule has 0 radical (unpaired) electrons. The summed E-state index contributed by atoms with van der Waals surface area (Å²) in [6, 6.07) is 7.37. The summed E-state index contributed by atoms with van der Waals surface area (Å²) in [6.07, 6.45) is 1.04. The van der Waals surface area contributed by atoms with Gasteiger partial charge in [-0.3, -0.25) is 4.90 Å². The van der Waals surface area contributed by atoms with Crippen LogP contribution in [0.5, 0.6) is 11.5 Å². The third-order valence-corrected chi connectivity index (χ3v) is 4.03. The molecule has 0 aliphatic carbocycles. The molecule has 0 amide bonds. The van der Waals surface area contributed by atoms with Crippen molar-refractivity contribution in [2.45, 2.75) is 32.4 Å². The van der Waals surface area contributed by atoms with E-state index in [4.69, 9.17) is 9.47 Å². The van der Waals surface area contributed by atoms with Crippen LogP contribution in [0, 0.1) is 0 Å². The Hall–Kier alpha value is -1.26. The average Bonchev–Trinajstić information content (AvgIpc) is 2.47. The van der Waals surface area contributed by atoms with Gasteiger partial charge in [0.05, 0.1) is 14.2 Å². The summed E-state index contributed by atoms with van der Waals surface area (Å²) in [4.78, 5) is 2.55. The molecule has 20 heavy (non-hydrogen) atoms. The number of nitrogens with one attached hydrogen (secondary N) is 1. The topological polar surface area (TPSA) is 33.7 Å². The van der Waals surface area contributed by atoms with E-state index in [2.05, 4.69) is 36.2 Å². The SMILES string of the molecule is COc1ccc(CCN2CC(C)NCC2C)cc1OC. The highest BCUT2D eigenvalue weighted by molar-refractivity contribution is 5.42. The van der Waals surface area contributed by atoms with Crippen molar-refractivity contribution in [3.8, 4) is 11.5 Å². The number of rotatable bonds is 5. The molecule has 1 aromatic carbocycles. The molecule has 1 N–H and O–H groups in total. The molecule has 1 heterocycles. The zero-order chi connectivity index (χ0) is 14.5. The fourth-order valence-corrected chi connectivity index (χ4v) is 2.72. The van der Waals surface area contributed by atoms with Crippen molar-refractivity contribution < 1.29 is 9.47 Å². The predicted octanol–water partition coefficient (Wildman–Crippen LogP) is 1.93. The van der Waals surface area contributed by atoms with Gasteiger partial charge in [0.15, 0.2) is 11.5 Å². The zero-order valence-corrected chi connectivity index (χ0v) is 13.0. The molecule has 2 atom stereocenters. The average molecular weight is 278 g/mol. The van der Waals surface area contributed by atoms with Gasteiger partial charge in [-0.05, 0) is 38.0 Å². The summed E-state index contributed by atoms with van der Waals surface area (Å²) in [5, 5.41) is 3.52. The first-order chi connectivity index (χ1) is 9.63. The lowest BCUT2D eigenvalue weighted by atomic mass is 10.1. The fourth-order valence-electron chi connectivity index (χ4n) is 2.72. The summed E-state index contributed by atoms with van der Waals surface area (Å²) in [6.45, 7) is 7.81. The van der Waals surface area contributed by atoms with Crippen molar-refractivity contribution in [1.29, 1.82) is 0 Å². The molecule has 4 heteroatoms. The third kappa shape index (κ3) is 3.64. The maximum Gasteiger partial charge on any atom is 0.160 e. The van der Waals surface area contributed by atoms with E-state index in [0.29, 0.717) is 12.1 Å². The first kappa shape index (κ1) is 15.1. The first-order valence-corrected chi connectivity index (χ1v) is 7.32. The second kappa shape index (κ2) is 6.95. The van der Waals surface area contributed by atoms with Crippen molar-refractivity contribution >= 4 is 0 Å². The van der Waals surface area contributed by atoms with Gasteiger partial charge in [-0.15, -0.1) is 0 Å². The third-order valence-electron chi connectivity index (χ3n) is 4.03. The van der Waals surface area contributed by atoms with Crippen LogP contribution in [-0.4, -0.2) is 50.8 Å². The van der Waals surface area contributed by atoms with Crippen molar-refractivity contribution in [2.75, 3.05) is 33.9 Å². The summed E-state index contributed by atoms with van der Waals surface area (Å²) in [5.41, 5.74) is 1.29. The molecular formula is C16H26N2O2. The van der Waals surface area contributed by atoms with Crippen LogP contribution >= 0.6 is 0 Å². The van der Waals surface area contributed by atoms with E-state index >= 15 is 0 Å². The van der Waals surface area contributed by atoms with E-state index in [-0.39, 0.29) is 0 Å². The molecule has 0 aromatic heterocycles. The van der Waals surface area contributed by atoms with Crippen molar-refractivity contribution in [3.63, 3.8) is 0 Å². The number of nitrogens with zero attached hydrogens (tertiary/aromatic N) is 1. The molecular weight excluding hydrogens is 252 g/mol. The van der Waals surface area contributed by atoms with Gasteiger partial charge < -0.3 is 14.8 Å². The van der Waals surface area contributed by atoms with E-state index in [1.54, 1.807) is 14.2 Å². The van der Waals surface area contributed by atoms with Gasteiger partial charge in [-0.1, -0.05) is 6.07 Å². The van der Waals surface area contributed by atoms with Gasteiger partial charge >= 0.3 is 0 Å². The lowest BCUT2D eigenvalue weighted by Crippen LogP contribution is -2.54. The monoisotopic (exact) mass is 278 g/mol. The van der Waals surface area contributed by atoms with Crippen LogP contribution < -0.4 is 14.8 Å². The quantitative estimate of drug-likeness (QED) is 0.892. The van der Waals surface area contributed by atoms with E-state index < -0.39 is 0 Å². The number of hydrogen-bond donors (Lipinski definition) is 1. The lowest BCUT2D eigenvalue weighted by Gasteiger charge is -2.37. The minimum absolute atomic E-state index is 0.580. The molecule has 112 valence electrons. The molecule has 0 saturated carbocycles. The van der Waals surface area contributed by atoms with Gasteiger partial charge in [-0.25, -0.2) is 0 Å². The predicted molar refractivity (Wildman–Crippen MR) is 81.7 cm³/mol. The Balaban J connectivity index is 1.96. The van der Waals surface area contributed by atoms with Crippen LogP contribution in [0.4, 0.5) is 0 Å². The molecule has 1 fully saturated rings. The van der Waals surface area contributed by atoms with E-state index in [9.17, 15) is 0 Å². The maximum absolute atomic E-state index is 5.36. The minimum atomic E-state index is 0.580. The number of piperazine rings is 1. The molecule has 2 unspecified atom stereocenters. The second-order valence-corrected chi connectivity index (χ2v) is 5.59. The first-order valence-electron chi connectivity index (χ1n) is 7.32. The van der Waals surface area contributed by atoms with Crippen LogP contribution in [0.3, 0.4) is 0 Å². The van der Waals surface area contributed by atoms with E-state index in [1.807, 2.05) is 6.07 Å². The normalized spacial score (nSPS) is 23.6. The molecule has 2 rings (SSSR count).